The van der Waals surface area contributed by atoms with E-state index in [2.05, 4.69) is 43.4 Å². The van der Waals surface area contributed by atoms with E-state index in [1.165, 1.54) is 25.7 Å². The van der Waals surface area contributed by atoms with Crippen molar-refractivity contribution in [3.8, 4) is 0 Å². The van der Waals surface area contributed by atoms with Crippen molar-refractivity contribution in [3.63, 3.8) is 0 Å². The van der Waals surface area contributed by atoms with Crippen molar-refractivity contribution in [1.29, 1.82) is 0 Å². The Morgan fingerprint density at radius 3 is 2.35 bits per heavy atom. The Morgan fingerprint density at radius 2 is 1.65 bits per heavy atom. The summed E-state index contributed by atoms with van der Waals surface area (Å²) >= 11 is 0. The van der Waals surface area contributed by atoms with Gasteiger partial charge in [0.15, 0.2) is 0 Å². The zero-order valence-corrected chi connectivity index (χ0v) is 14.5. The summed E-state index contributed by atoms with van der Waals surface area (Å²) in [6.07, 6.45) is 23.8. The number of carboxylic acid groups (broad SMARTS) is 1. The molecule has 1 fully saturated rings. The molecule has 1 rings (SSSR count). The summed E-state index contributed by atoms with van der Waals surface area (Å²) in [6, 6.07) is 0. The molecular formula is C20H32O3. The first-order valence-corrected chi connectivity index (χ1v) is 9.06. The number of carboxylic acids is 1. The van der Waals surface area contributed by atoms with Crippen LogP contribution in [-0.2, 0) is 9.53 Å². The summed E-state index contributed by atoms with van der Waals surface area (Å²) in [4.78, 5) is 10.4. The van der Waals surface area contributed by atoms with E-state index < -0.39 is 5.97 Å². The second-order valence-corrected chi connectivity index (χ2v) is 6.12. The predicted octanol–water partition coefficient (Wildman–Crippen LogP) is 5.43. The van der Waals surface area contributed by atoms with E-state index >= 15 is 0 Å². The van der Waals surface area contributed by atoms with Gasteiger partial charge in [0.2, 0.25) is 0 Å². The van der Waals surface area contributed by atoms with Crippen LogP contribution in [0.5, 0.6) is 0 Å². The minimum atomic E-state index is -0.718. The molecule has 1 heterocycles. The number of carbonyl (C=O) groups is 1. The van der Waals surface area contributed by atoms with Gasteiger partial charge in [-0.15, -0.1) is 0 Å². The van der Waals surface area contributed by atoms with Crippen LogP contribution in [-0.4, -0.2) is 23.3 Å². The second-order valence-electron chi connectivity index (χ2n) is 6.12. The van der Waals surface area contributed by atoms with E-state index in [1.807, 2.05) is 0 Å². The van der Waals surface area contributed by atoms with Crippen LogP contribution in [0.3, 0.4) is 0 Å². The molecule has 0 aliphatic carbocycles. The van der Waals surface area contributed by atoms with E-state index in [1.54, 1.807) is 0 Å². The van der Waals surface area contributed by atoms with E-state index in [4.69, 9.17) is 9.84 Å². The molecule has 0 aromatic carbocycles. The maximum atomic E-state index is 10.4. The first-order valence-electron chi connectivity index (χ1n) is 9.06. The molecule has 0 amide bonds. The van der Waals surface area contributed by atoms with Crippen molar-refractivity contribution in [1.82, 2.24) is 0 Å². The van der Waals surface area contributed by atoms with Gasteiger partial charge in [-0.1, -0.05) is 56.2 Å². The number of ether oxygens (including phenoxy) is 1. The van der Waals surface area contributed by atoms with Crippen molar-refractivity contribution >= 4 is 5.97 Å². The highest BCUT2D eigenvalue weighted by atomic mass is 16.6. The molecule has 0 radical (unpaired) electrons. The standard InChI is InChI=1S/C20H32O3/c1-2-3-4-5-6-7-8-9-10-11-12-13-15-18-19(23-18)16-14-17-20(21)22/h6-7,9-10,12-13,18-19H,2-5,8,11,14-17H2,1H3,(H,21,22)/b7-6+,10-9+,13-12+/t18-,19+/m1/s1. The highest BCUT2D eigenvalue weighted by Gasteiger charge is 2.36. The molecule has 130 valence electrons. The molecule has 1 aliphatic heterocycles. The molecule has 2 atom stereocenters. The number of epoxide rings is 1. The summed E-state index contributed by atoms with van der Waals surface area (Å²) in [6.45, 7) is 2.23. The Bertz CT molecular complexity index is 396. The first kappa shape index (κ1) is 19.7. The van der Waals surface area contributed by atoms with E-state index in [0.717, 1.165) is 32.1 Å². The molecular weight excluding hydrogens is 288 g/mol. The number of hydrogen-bond donors (Lipinski definition) is 1. The number of aliphatic carboxylic acids is 1. The number of rotatable bonds is 14. The van der Waals surface area contributed by atoms with Crippen molar-refractivity contribution < 1.29 is 14.6 Å². The lowest BCUT2D eigenvalue weighted by atomic mass is 10.1. The Balaban J connectivity index is 1.91. The Kier molecular flexibility index (Phi) is 11.2. The summed E-state index contributed by atoms with van der Waals surface area (Å²) in [7, 11) is 0. The summed E-state index contributed by atoms with van der Waals surface area (Å²) < 4.78 is 5.53. The summed E-state index contributed by atoms with van der Waals surface area (Å²) in [5.41, 5.74) is 0. The molecule has 0 saturated carbocycles. The number of allylic oxidation sites excluding steroid dienone is 5. The maximum Gasteiger partial charge on any atom is 0.303 e. The average molecular weight is 320 g/mol. The fourth-order valence-electron chi connectivity index (χ4n) is 2.50. The minimum Gasteiger partial charge on any atom is -0.481 e. The lowest BCUT2D eigenvalue weighted by Gasteiger charge is -1.92. The van der Waals surface area contributed by atoms with Crippen molar-refractivity contribution in [3.05, 3.63) is 36.5 Å². The summed E-state index contributed by atoms with van der Waals surface area (Å²) in [5, 5.41) is 8.58. The Hall–Kier alpha value is -1.35. The van der Waals surface area contributed by atoms with Crippen LogP contribution < -0.4 is 0 Å². The van der Waals surface area contributed by atoms with Crippen molar-refractivity contribution in [2.75, 3.05) is 0 Å². The van der Waals surface area contributed by atoms with Crippen LogP contribution in [0, 0.1) is 0 Å². The van der Waals surface area contributed by atoms with Gasteiger partial charge in [0.25, 0.3) is 0 Å². The normalized spacial score (nSPS) is 20.9. The van der Waals surface area contributed by atoms with Crippen LogP contribution in [0.2, 0.25) is 0 Å². The van der Waals surface area contributed by atoms with E-state index in [0.29, 0.717) is 6.10 Å². The average Bonchev–Trinajstić information content (AvgIpc) is 3.26. The molecule has 1 aliphatic rings. The maximum absolute atomic E-state index is 10.4. The predicted molar refractivity (Wildman–Crippen MR) is 95.6 cm³/mol. The van der Waals surface area contributed by atoms with Crippen LogP contribution in [0.15, 0.2) is 36.5 Å². The van der Waals surface area contributed by atoms with Gasteiger partial charge in [-0.3, -0.25) is 4.79 Å². The highest BCUT2D eigenvalue weighted by Crippen LogP contribution is 2.30. The number of hydrogen-bond acceptors (Lipinski definition) is 2. The molecule has 23 heavy (non-hydrogen) atoms. The second kappa shape index (κ2) is 13.1. The molecule has 0 spiro atoms. The lowest BCUT2D eigenvalue weighted by molar-refractivity contribution is -0.137. The first-order chi connectivity index (χ1) is 11.2. The van der Waals surface area contributed by atoms with Gasteiger partial charge < -0.3 is 9.84 Å². The number of unbranched alkanes of at least 4 members (excludes halogenated alkanes) is 3. The van der Waals surface area contributed by atoms with Gasteiger partial charge in [0.05, 0.1) is 12.2 Å². The van der Waals surface area contributed by atoms with E-state index in [-0.39, 0.29) is 12.5 Å². The third kappa shape index (κ3) is 11.8. The molecule has 0 unspecified atom stereocenters. The SMILES string of the molecule is CCCCC/C=C/C/C=C/C/C=C/C[C@H]1O[C@H]1CCCC(=O)O. The zero-order chi connectivity index (χ0) is 16.8. The quantitative estimate of drug-likeness (QED) is 0.264. The third-order valence-corrected chi connectivity index (χ3v) is 3.95. The van der Waals surface area contributed by atoms with Gasteiger partial charge >= 0.3 is 5.97 Å². The van der Waals surface area contributed by atoms with Gasteiger partial charge in [0.1, 0.15) is 0 Å². The molecule has 0 bridgehead atoms. The topological polar surface area (TPSA) is 49.8 Å². The third-order valence-electron chi connectivity index (χ3n) is 3.95. The van der Waals surface area contributed by atoms with Gasteiger partial charge in [-0.2, -0.15) is 0 Å². The molecule has 0 aromatic heterocycles. The zero-order valence-electron chi connectivity index (χ0n) is 14.5. The Morgan fingerprint density at radius 1 is 0.957 bits per heavy atom. The fourth-order valence-corrected chi connectivity index (χ4v) is 2.50. The smallest absolute Gasteiger partial charge is 0.303 e. The fraction of sp³-hybridized carbons (Fsp3) is 0.650. The van der Waals surface area contributed by atoms with Gasteiger partial charge in [-0.05, 0) is 44.9 Å². The van der Waals surface area contributed by atoms with Crippen LogP contribution >= 0.6 is 0 Å². The highest BCUT2D eigenvalue weighted by molar-refractivity contribution is 5.66. The van der Waals surface area contributed by atoms with Crippen LogP contribution in [0.25, 0.3) is 0 Å². The molecule has 0 aromatic rings. The lowest BCUT2D eigenvalue weighted by Crippen LogP contribution is -1.97. The summed E-state index contributed by atoms with van der Waals surface area (Å²) in [5.74, 6) is -0.718. The monoisotopic (exact) mass is 320 g/mol. The van der Waals surface area contributed by atoms with Gasteiger partial charge in [0, 0.05) is 6.42 Å². The Labute approximate surface area is 141 Å². The van der Waals surface area contributed by atoms with E-state index in [9.17, 15) is 4.79 Å². The largest absolute Gasteiger partial charge is 0.481 e. The molecule has 3 heteroatoms. The molecule has 3 nitrogen and oxygen atoms in total. The van der Waals surface area contributed by atoms with Crippen molar-refractivity contribution in [2.24, 2.45) is 0 Å². The van der Waals surface area contributed by atoms with Crippen LogP contribution in [0.1, 0.15) is 71.1 Å². The molecule has 1 N–H and O–H groups in total. The molecule has 1 saturated heterocycles. The van der Waals surface area contributed by atoms with Crippen molar-refractivity contribution in [2.45, 2.75) is 83.3 Å². The van der Waals surface area contributed by atoms with Crippen LogP contribution in [0.4, 0.5) is 0 Å². The minimum absolute atomic E-state index is 0.250. The van der Waals surface area contributed by atoms with Gasteiger partial charge in [-0.25, -0.2) is 0 Å².